The van der Waals surface area contributed by atoms with Gasteiger partial charge in [-0.25, -0.2) is 0 Å². The molecule has 1 aromatic heterocycles. The van der Waals surface area contributed by atoms with Crippen molar-refractivity contribution in [3.63, 3.8) is 0 Å². The van der Waals surface area contributed by atoms with Crippen LogP contribution in [0.1, 0.15) is 36.0 Å². The molecule has 25 heavy (non-hydrogen) atoms. The van der Waals surface area contributed by atoms with Crippen molar-refractivity contribution >= 4 is 16.8 Å². The lowest BCUT2D eigenvalue weighted by atomic mass is 10.1. The molecule has 0 aliphatic heterocycles. The van der Waals surface area contributed by atoms with E-state index in [1.165, 1.54) is 27.6 Å². The second-order valence-corrected chi connectivity index (χ2v) is 7.07. The standard InChI is InChI=1S/C22H24N2O/c1-16-6-2-3-7-17(16)14-24-15-18(20-8-4-5-9-21(20)24)10-13-22(25)23-19-11-12-19/h2-9,15,19H,10-14H2,1H3,(H,23,25). The number of fused-ring (bicyclic) bond motifs is 1. The van der Waals surface area contributed by atoms with Gasteiger partial charge in [0, 0.05) is 36.1 Å². The molecule has 3 aromatic rings. The van der Waals surface area contributed by atoms with E-state index >= 15 is 0 Å². The molecule has 0 bridgehead atoms. The summed E-state index contributed by atoms with van der Waals surface area (Å²) in [5, 5.41) is 4.34. The second kappa shape index (κ2) is 6.75. The molecule has 0 radical (unpaired) electrons. The van der Waals surface area contributed by atoms with Gasteiger partial charge in [0.1, 0.15) is 0 Å². The van der Waals surface area contributed by atoms with Gasteiger partial charge in [-0.2, -0.15) is 0 Å². The summed E-state index contributed by atoms with van der Waals surface area (Å²) in [5.41, 5.74) is 5.14. The van der Waals surface area contributed by atoms with Crippen molar-refractivity contribution in [2.75, 3.05) is 0 Å². The van der Waals surface area contributed by atoms with Crippen LogP contribution in [0, 0.1) is 6.92 Å². The van der Waals surface area contributed by atoms with E-state index in [-0.39, 0.29) is 5.91 Å². The number of benzene rings is 2. The smallest absolute Gasteiger partial charge is 0.220 e. The molecule has 4 rings (SSSR count). The zero-order chi connectivity index (χ0) is 17.2. The zero-order valence-electron chi connectivity index (χ0n) is 14.7. The minimum Gasteiger partial charge on any atom is -0.353 e. The van der Waals surface area contributed by atoms with E-state index in [4.69, 9.17) is 0 Å². The maximum Gasteiger partial charge on any atom is 0.220 e. The van der Waals surface area contributed by atoms with Gasteiger partial charge in [-0.3, -0.25) is 4.79 Å². The number of hydrogen-bond donors (Lipinski definition) is 1. The first-order valence-electron chi connectivity index (χ1n) is 9.11. The van der Waals surface area contributed by atoms with Crippen LogP contribution in [-0.2, 0) is 17.8 Å². The SMILES string of the molecule is Cc1ccccc1Cn1cc(CCC(=O)NC2CC2)c2ccccc21. The van der Waals surface area contributed by atoms with Crippen molar-refractivity contribution in [3.05, 3.63) is 71.4 Å². The Morgan fingerprint density at radius 3 is 2.64 bits per heavy atom. The van der Waals surface area contributed by atoms with E-state index in [1.54, 1.807) is 0 Å². The van der Waals surface area contributed by atoms with E-state index in [0.29, 0.717) is 12.5 Å². The van der Waals surface area contributed by atoms with E-state index in [1.807, 2.05) is 0 Å². The number of carbonyl (C=O) groups excluding carboxylic acids is 1. The summed E-state index contributed by atoms with van der Waals surface area (Å²) in [6.45, 7) is 3.02. The molecule has 0 unspecified atom stereocenters. The quantitative estimate of drug-likeness (QED) is 0.721. The Balaban J connectivity index is 1.57. The first kappa shape index (κ1) is 15.9. The van der Waals surface area contributed by atoms with Crippen LogP contribution in [0.25, 0.3) is 10.9 Å². The maximum atomic E-state index is 12.0. The summed E-state index contributed by atoms with van der Waals surface area (Å²) in [7, 11) is 0. The van der Waals surface area contributed by atoms with Crippen LogP contribution in [0.2, 0.25) is 0 Å². The molecular formula is C22H24N2O. The number of para-hydroxylation sites is 1. The average Bonchev–Trinajstić information content (AvgIpc) is 3.36. The predicted octanol–water partition coefficient (Wildman–Crippen LogP) is 4.21. The Bertz CT molecular complexity index is 905. The Hall–Kier alpha value is -2.55. The lowest BCUT2D eigenvalue weighted by molar-refractivity contribution is -0.121. The van der Waals surface area contributed by atoms with E-state index in [9.17, 15) is 4.79 Å². The largest absolute Gasteiger partial charge is 0.353 e. The molecule has 1 aliphatic rings. The number of carbonyl (C=O) groups is 1. The molecule has 0 atom stereocenters. The molecule has 1 fully saturated rings. The molecule has 0 saturated heterocycles. The summed E-state index contributed by atoms with van der Waals surface area (Å²) in [5.74, 6) is 0.179. The van der Waals surface area contributed by atoms with Gasteiger partial charge in [0.05, 0.1) is 0 Å². The molecule has 1 saturated carbocycles. The highest BCUT2D eigenvalue weighted by Crippen LogP contribution is 2.24. The lowest BCUT2D eigenvalue weighted by Gasteiger charge is -2.08. The molecular weight excluding hydrogens is 308 g/mol. The highest BCUT2D eigenvalue weighted by atomic mass is 16.1. The summed E-state index contributed by atoms with van der Waals surface area (Å²) in [6.07, 6.45) is 5.86. The minimum atomic E-state index is 0.179. The Morgan fingerprint density at radius 2 is 1.84 bits per heavy atom. The van der Waals surface area contributed by atoms with Crippen LogP contribution in [0.5, 0.6) is 0 Å². The molecule has 1 aliphatic carbocycles. The lowest BCUT2D eigenvalue weighted by Crippen LogP contribution is -2.25. The van der Waals surface area contributed by atoms with Crippen molar-refractivity contribution in [2.45, 2.75) is 45.2 Å². The number of nitrogens with zero attached hydrogens (tertiary/aromatic N) is 1. The Kier molecular flexibility index (Phi) is 4.31. The first-order chi connectivity index (χ1) is 12.2. The van der Waals surface area contributed by atoms with Crippen molar-refractivity contribution in [1.29, 1.82) is 0 Å². The fourth-order valence-corrected chi connectivity index (χ4v) is 3.40. The van der Waals surface area contributed by atoms with Crippen molar-refractivity contribution in [3.8, 4) is 0 Å². The van der Waals surface area contributed by atoms with Crippen LogP contribution in [0.4, 0.5) is 0 Å². The number of aryl methyl sites for hydroxylation is 2. The topological polar surface area (TPSA) is 34.0 Å². The monoisotopic (exact) mass is 332 g/mol. The van der Waals surface area contributed by atoms with Crippen LogP contribution in [0.15, 0.2) is 54.7 Å². The third-order valence-corrected chi connectivity index (χ3v) is 5.04. The van der Waals surface area contributed by atoms with Gasteiger partial charge in [-0.1, -0.05) is 42.5 Å². The van der Waals surface area contributed by atoms with Gasteiger partial charge < -0.3 is 9.88 Å². The third kappa shape index (κ3) is 3.60. The molecule has 128 valence electrons. The number of aromatic nitrogens is 1. The normalized spacial score (nSPS) is 14.0. The summed E-state index contributed by atoms with van der Waals surface area (Å²) in [6, 6.07) is 17.5. The second-order valence-electron chi connectivity index (χ2n) is 7.07. The van der Waals surface area contributed by atoms with Gasteiger partial charge in [0.25, 0.3) is 0 Å². The first-order valence-corrected chi connectivity index (χ1v) is 9.11. The van der Waals surface area contributed by atoms with Crippen LogP contribution >= 0.6 is 0 Å². The maximum absolute atomic E-state index is 12.0. The molecule has 3 nitrogen and oxygen atoms in total. The van der Waals surface area contributed by atoms with E-state index in [2.05, 4.69) is 71.5 Å². The highest BCUT2D eigenvalue weighted by Gasteiger charge is 2.23. The van der Waals surface area contributed by atoms with Crippen molar-refractivity contribution in [2.24, 2.45) is 0 Å². The molecule has 0 spiro atoms. The van der Waals surface area contributed by atoms with Crippen molar-refractivity contribution in [1.82, 2.24) is 9.88 Å². The summed E-state index contributed by atoms with van der Waals surface area (Å²) >= 11 is 0. The van der Waals surface area contributed by atoms with Gasteiger partial charge in [-0.05, 0) is 48.9 Å². The van der Waals surface area contributed by atoms with E-state index < -0.39 is 0 Å². The summed E-state index contributed by atoms with van der Waals surface area (Å²) < 4.78 is 2.31. The number of amides is 1. The number of hydrogen-bond acceptors (Lipinski definition) is 1. The van der Waals surface area contributed by atoms with Gasteiger partial charge >= 0.3 is 0 Å². The van der Waals surface area contributed by atoms with Gasteiger partial charge in [-0.15, -0.1) is 0 Å². The fraction of sp³-hybridized carbons (Fsp3) is 0.318. The van der Waals surface area contributed by atoms with Gasteiger partial charge in [0.15, 0.2) is 0 Å². The number of nitrogens with one attached hydrogen (secondary N) is 1. The fourth-order valence-electron chi connectivity index (χ4n) is 3.40. The minimum absolute atomic E-state index is 0.179. The van der Waals surface area contributed by atoms with E-state index in [0.717, 1.165) is 25.8 Å². The zero-order valence-corrected chi connectivity index (χ0v) is 14.7. The highest BCUT2D eigenvalue weighted by molar-refractivity contribution is 5.85. The Morgan fingerprint density at radius 1 is 1.08 bits per heavy atom. The Labute approximate surface area is 148 Å². The number of rotatable bonds is 6. The predicted molar refractivity (Wildman–Crippen MR) is 102 cm³/mol. The summed E-state index contributed by atoms with van der Waals surface area (Å²) in [4.78, 5) is 12.0. The third-order valence-electron chi connectivity index (χ3n) is 5.04. The molecule has 1 heterocycles. The molecule has 2 aromatic carbocycles. The van der Waals surface area contributed by atoms with Crippen LogP contribution in [-0.4, -0.2) is 16.5 Å². The molecule has 1 N–H and O–H groups in total. The van der Waals surface area contributed by atoms with Gasteiger partial charge in [0.2, 0.25) is 5.91 Å². The molecule has 1 amide bonds. The molecule has 3 heteroatoms. The van der Waals surface area contributed by atoms with Crippen molar-refractivity contribution < 1.29 is 4.79 Å². The average molecular weight is 332 g/mol. The van der Waals surface area contributed by atoms with Crippen LogP contribution in [0.3, 0.4) is 0 Å². The van der Waals surface area contributed by atoms with Crippen LogP contribution < -0.4 is 5.32 Å².